The van der Waals surface area contributed by atoms with Crippen LogP contribution in [0.1, 0.15) is 39.5 Å². The number of hydrogen-bond donors (Lipinski definition) is 2. The van der Waals surface area contributed by atoms with Crippen LogP contribution >= 0.6 is 0 Å². The third kappa shape index (κ3) is 4.19. The molecule has 5 heteroatoms. The van der Waals surface area contributed by atoms with E-state index in [2.05, 4.69) is 24.5 Å². The van der Waals surface area contributed by atoms with E-state index in [0.717, 1.165) is 58.4 Å². The molecule has 0 aliphatic carbocycles. The number of piperidine rings is 1. The molecule has 2 saturated heterocycles. The minimum absolute atomic E-state index is 0.0880. The SMILES string of the molecule is CCCCNC(=O)C1CCN(C(=O)[C@@H]2CNC[C@H]2C)CC1. The standard InChI is InChI=1S/C16H29N3O2/c1-3-4-7-18-15(20)13-5-8-19(9-6-13)16(21)14-11-17-10-12(14)2/h12-14,17H,3-11H2,1-2H3,(H,18,20)/t12-,14-/m1/s1. The van der Waals surface area contributed by atoms with Gasteiger partial charge in [-0.05, 0) is 31.7 Å². The van der Waals surface area contributed by atoms with Crippen molar-refractivity contribution in [3.05, 3.63) is 0 Å². The lowest BCUT2D eigenvalue weighted by atomic mass is 9.92. The molecule has 2 amide bonds. The Morgan fingerprint density at radius 3 is 2.52 bits per heavy atom. The number of nitrogens with zero attached hydrogens (tertiary/aromatic N) is 1. The smallest absolute Gasteiger partial charge is 0.227 e. The molecule has 0 radical (unpaired) electrons. The molecule has 120 valence electrons. The Morgan fingerprint density at radius 1 is 1.24 bits per heavy atom. The van der Waals surface area contributed by atoms with Crippen LogP contribution in [-0.2, 0) is 9.59 Å². The van der Waals surface area contributed by atoms with E-state index in [1.165, 1.54) is 0 Å². The van der Waals surface area contributed by atoms with Gasteiger partial charge in [-0.25, -0.2) is 0 Å². The molecule has 5 nitrogen and oxygen atoms in total. The summed E-state index contributed by atoms with van der Waals surface area (Å²) in [4.78, 5) is 26.5. The van der Waals surface area contributed by atoms with E-state index in [9.17, 15) is 9.59 Å². The molecule has 2 rings (SSSR count). The highest BCUT2D eigenvalue weighted by molar-refractivity contribution is 5.81. The third-order valence-corrected chi connectivity index (χ3v) is 4.84. The Kier molecular flexibility index (Phi) is 6.03. The van der Waals surface area contributed by atoms with Crippen molar-refractivity contribution in [2.24, 2.45) is 17.8 Å². The molecule has 2 atom stereocenters. The van der Waals surface area contributed by atoms with Gasteiger partial charge in [-0.15, -0.1) is 0 Å². The van der Waals surface area contributed by atoms with Crippen LogP contribution in [0.15, 0.2) is 0 Å². The Labute approximate surface area is 127 Å². The Bertz CT molecular complexity index is 365. The maximum Gasteiger partial charge on any atom is 0.227 e. The molecule has 2 fully saturated rings. The van der Waals surface area contributed by atoms with Crippen molar-refractivity contribution in [1.29, 1.82) is 0 Å². The van der Waals surface area contributed by atoms with Crippen molar-refractivity contribution >= 4 is 11.8 Å². The van der Waals surface area contributed by atoms with E-state index in [1.54, 1.807) is 0 Å². The topological polar surface area (TPSA) is 61.4 Å². The summed E-state index contributed by atoms with van der Waals surface area (Å²) in [5.41, 5.74) is 0. The molecule has 0 saturated carbocycles. The highest BCUT2D eigenvalue weighted by Gasteiger charge is 2.35. The van der Waals surface area contributed by atoms with E-state index in [-0.39, 0.29) is 23.7 Å². The van der Waals surface area contributed by atoms with Crippen LogP contribution in [0, 0.1) is 17.8 Å². The Hall–Kier alpha value is -1.10. The van der Waals surface area contributed by atoms with Crippen LogP contribution in [0.5, 0.6) is 0 Å². The number of likely N-dealkylation sites (tertiary alicyclic amines) is 1. The molecule has 0 aromatic heterocycles. The fraction of sp³-hybridized carbons (Fsp3) is 0.875. The molecule has 0 bridgehead atoms. The predicted octanol–water partition coefficient (Wildman–Crippen LogP) is 0.997. The van der Waals surface area contributed by atoms with Gasteiger partial charge in [-0.2, -0.15) is 0 Å². The maximum atomic E-state index is 12.5. The molecular weight excluding hydrogens is 266 g/mol. The van der Waals surface area contributed by atoms with Gasteiger partial charge in [0.25, 0.3) is 0 Å². The molecule has 2 aliphatic rings. The van der Waals surface area contributed by atoms with E-state index >= 15 is 0 Å². The van der Waals surface area contributed by atoms with Gasteiger partial charge in [0.05, 0.1) is 5.92 Å². The highest BCUT2D eigenvalue weighted by atomic mass is 16.2. The van der Waals surface area contributed by atoms with Gasteiger partial charge in [0.15, 0.2) is 0 Å². The zero-order chi connectivity index (χ0) is 15.2. The Balaban J connectivity index is 1.75. The first-order valence-electron chi connectivity index (χ1n) is 8.40. The van der Waals surface area contributed by atoms with E-state index in [1.807, 2.05) is 4.90 Å². The molecule has 0 aromatic carbocycles. The molecule has 0 spiro atoms. The summed E-state index contributed by atoms with van der Waals surface area (Å²) >= 11 is 0. The first-order valence-corrected chi connectivity index (χ1v) is 8.40. The third-order valence-electron chi connectivity index (χ3n) is 4.84. The zero-order valence-corrected chi connectivity index (χ0v) is 13.4. The monoisotopic (exact) mass is 295 g/mol. The van der Waals surface area contributed by atoms with Crippen molar-refractivity contribution in [2.45, 2.75) is 39.5 Å². The number of amides is 2. The largest absolute Gasteiger partial charge is 0.356 e. The molecule has 2 heterocycles. The Morgan fingerprint density at radius 2 is 1.95 bits per heavy atom. The molecular formula is C16H29N3O2. The summed E-state index contributed by atoms with van der Waals surface area (Å²) < 4.78 is 0. The highest BCUT2D eigenvalue weighted by Crippen LogP contribution is 2.23. The van der Waals surface area contributed by atoms with E-state index < -0.39 is 0 Å². The van der Waals surface area contributed by atoms with Gasteiger partial charge >= 0.3 is 0 Å². The lowest BCUT2D eigenvalue weighted by Crippen LogP contribution is -2.46. The molecule has 2 N–H and O–H groups in total. The van der Waals surface area contributed by atoms with Gasteiger partial charge in [0, 0.05) is 32.1 Å². The average Bonchev–Trinajstić information content (AvgIpc) is 2.93. The molecule has 2 aliphatic heterocycles. The summed E-state index contributed by atoms with van der Waals surface area (Å²) in [5.74, 6) is 1.08. The summed E-state index contributed by atoms with van der Waals surface area (Å²) in [6.45, 7) is 8.23. The molecule has 21 heavy (non-hydrogen) atoms. The second kappa shape index (κ2) is 7.78. The number of unbranched alkanes of at least 4 members (excludes halogenated alkanes) is 1. The van der Waals surface area contributed by atoms with Crippen LogP contribution in [-0.4, -0.2) is 49.4 Å². The quantitative estimate of drug-likeness (QED) is 0.744. The summed E-state index contributed by atoms with van der Waals surface area (Å²) in [7, 11) is 0. The summed E-state index contributed by atoms with van der Waals surface area (Å²) in [5, 5.41) is 6.29. The fourth-order valence-electron chi connectivity index (χ4n) is 3.27. The van der Waals surface area contributed by atoms with Gasteiger partial charge in [-0.1, -0.05) is 20.3 Å². The van der Waals surface area contributed by atoms with Crippen molar-refractivity contribution in [2.75, 3.05) is 32.7 Å². The van der Waals surface area contributed by atoms with Crippen LogP contribution < -0.4 is 10.6 Å². The normalized spacial score (nSPS) is 26.9. The van der Waals surface area contributed by atoms with Crippen LogP contribution in [0.4, 0.5) is 0 Å². The van der Waals surface area contributed by atoms with E-state index in [0.29, 0.717) is 5.92 Å². The first kappa shape index (κ1) is 16.3. The number of carbonyl (C=O) groups excluding carboxylic acids is 2. The maximum absolute atomic E-state index is 12.5. The minimum Gasteiger partial charge on any atom is -0.356 e. The lowest BCUT2D eigenvalue weighted by molar-refractivity contribution is -0.139. The van der Waals surface area contributed by atoms with Crippen molar-refractivity contribution in [1.82, 2.24) is 15.5 Å². The molecule has 0 aromatic rings. The van der Waals surface area contributed by atoms with Crippen molar-refractivity contribution < 1.29 is 9.59 Å². The van der Waals surface area contributed by atoms with Crippen molar-refractivity contribution in [3.63, 3.8) is 0 Å². The second-order valence-electron chi connectivity index (χ2n) is 6.49. The van der Waals surface area contributed by atoms with Crippen LogP contribution in [0.2, 0.25) is 0 Å². The van der Waals surface area contributed by atoms with Crippen LogP contribution in [0.3, 0.4) is 0 Å². The first-order chi connectivity index (χ1) is 10.1. The van der Waals surface area contributed by atoms with E-state index in [4.69, 9.17) is 0 Å². The van der Waals surface area contributed by atoms with Gasteiger partial charge in [0.2, 0.25) is 11.8 Å². The second-order valence-corrected chi connectivity index (χ2v) is 6.49. The number of rotatable bonds is 5. The van der Waals surface area contributed by atoms with Gasteiger partial charge in [-0.3, -0.25) is 9.59 Å². The summed E-state index contributed by atoms with van der Waals surface area (Å²) in [6.07, 6.45) is 3.74. The zero-order valence-electron chi connectivity index (χ0n) is 13.4. The lowest BCUT2D eigenvalue weighted by Gasteiger charge is -2.33. The average molecular weight is 295 g/mol. The number of carbonyl (C=O) groups is 2. The summed E-state index contributed by atoms with van der Waals surface area (Å²) in [6, 6.07) is 0. The minimum atomic E-state index is 0.0880. The van der Waals surface area contributed by atoms with Gasteiger partial charge < -0.3 is 15.5 Å². The van der Waals surface area contributed by atoms with Crippen molar-refractivity contribution in [3.8, 4) is 0 Å². The number of nitrogens with one attached hydrogen (secondary N) is 2. The van der Waals surface area contributed by atoms with Gasteiger partial charge in [0.1, 0.15) is 0 Å². The number of hydrogen-bond acceptors (Lipinski definition) is 3. The van der Waals surface area contributed by atoms with Crippen LogP contribution in [0.25, 0.3) is 0 Å². The fourth-order valence-corrected chi connectivity index (χ4v) is 3.27. The molecule has 0 unspecified atom stereocenters. The predicted molar refractivity (Wildman–Crippen MR) is 82.7 cm³/mol.